The molecular weight excluding hydrogens is 548 g/mol. The summed E-state index contributed by atoms with van der Waals surface area (Å²) in [4.78, 5) is 24.1. The summed E-state index contributed by atoms with van der Waals surface area (Å²) in [5, 5.41) is 2.35. The number of amides is 1. The van der Waals surface area contributed by atoms with Crippen LogP contribution >= 0.6 is 0 Å². The van der Waals surface area contributed by atoms with Gasteiger partial charge >= 0.3 is 6.09 Å². The second-order valence-corrected chi connectivity index (χ2v) is 12.4. The van der Waals surface area contributed by atoms with Gasteiger partial charge in [-0.25, -0.2) is 4.79 Å². The molecule has 0 bridgehead atoms. The highest BCUT2D eigenvalue weighted by molar-refractivity contribution is 5.96. The van der Waals surface area contributed by atoms with E-state index in [0.29, 0.717) is 19.7 Å². The summed E-state index contributed by atoms with van der Waals surface area (Å²) in [5.41, 5.74) is 6.50. The molecule has 6 rings (SSSR count). The predicted molar refractivity (Wildman–Crippen MR) is 176 cm³/mol. The van der Waals surface area contributed by atoms with Gasteiger partial charge < -0.3 is 19.4 Å². The molecule has 1 amide bonds. The molecule has 0 spiro atoms. The number of carbonyl (C=O) groups is 1. The second kappa shape index (κ2) is 12.9. The van der Waals surface area contributed by atoms with E-state index in [2.05, 4.69) is 81.6 Å². The third-order valence-corrected chi connectivity index (χ3v) is 7.98. The quantitative estimate of drug-likeness (QED) is 0.202. The molecule has 226 valence electrons. The number of benzene rings is 3. The number of hydrogen-bond acceptors (Lipinski definition) is 5. The minimum atomic E-state index is -0.481. The topological polar surface area (TPSA) is 70.7 Å². The number of nitrogens with one attached hydrogen (secondary N) is 1. The maximum Gasteiger partial charge on any atom is 0.410 e. The highest BCUT2D eigenvalue weighted by atomic mass is 16.6. The normalized spacial score (nSPS) is 14.1. The van der Waals surface area contributed by atoms with Gasteiger partial charge in [0.05, 0.1) is 6.61 Å². The summed E-state index contributed by atoms with van der Waals surface area (Å²) in [6.45, 7) is 10.0. The number of H-pyrrole nitrogens is 1. The van der Waals surface area contributed by atoms with Crippen LogP contribution in [0.2, 0.25) is 0 Å². The zero-order valence-electron chi connectivity index (χ0n) is 25.8. The predicted octanol–water partition coefficient (Wildman–Crippen LogP) is 7.57. The van der Waals surface area contributed by atoms with Crippen molar-refractivity contribution in [1.82, 2.24) is 19.8 Å². The number of rotatable bonds is 8. The van der Waals surface area contributed by atoms with Crippen LogP contribution in [-0.2, 0) is 17.7 Å². The molecule has 0 unspecified atom stereocenters. The fraction of sp³-hybridized carbons (Fsp3) is 0.297. The Kier molecular flexibility index (Phi) is 8.66. The molecule has 0 radical (unpaired) electrons. The molecule has 2 aromatic heterocycles. The molecule has 1 saturated heterocycles. The van der Waals surface area contributed by atoms with Crippen molar-refractivity contribution < 1.29 is 14.3 Å². The summed E-state index contributed by atoms with van der Waals surface area (Å²) in [6, 6.07) is 25.7. The van der Waals surface area contributed by atoms with Crippen molar-refractivity contribution in [3.8, 4) is 28.0 Å². The van der Waals surface area contributed by atoms with Gasteiger partial charge in [-0.3, -0.25) is 9.88 Å². The smallest absolute Gasteiger partial charge is 0.410 e. The van der Waals surface area contributed by atoms with Gasteiger partial charge in [-0.15, -0.1) is 0 Å². The van der Waals surface area contributed by atoms with Crippen LogP contribution in [0, 0.1) is 0 Å². The third-order valence-electron chi connectivity index (χ3n) is 7.98. The number of hydrogen-bond donors (Lipinski definition) is 1. The molecule has 0 aliphatic carbocycles. The van der Waals surface area contributed by atoms with Crippen molar-refractivity contribution in [3.05, 3.63) is 109 Å². The lowest BCUT2D eigenvalue weighted by atomic mass is 9.98. The average Bonchev–Trinajstić information content (AvgIpc) is 3.56. The molecular formula is C37H40N4O3. The zero-order chi connectivity index (χ0) is 30.5. The zero-order valence-corrected chi connectivity index (χ0v) is 25.8. The number of aromatic nitrogens is 2. The number of pyridine rings is 1. The van der Waals surface area contributed by atoms with Gasteiger partial charge in [-0.2, -0.15) is 0 Å². The average molecular weight is 589 g/mol. The number of nitrogens with zero attached hydrogens (tertiary/aromatic N) is 3. The monoisotopic (exact) mass is 588 g/mol. The first kappa shape index (κ1) is 29.5. The Morgan fingerprint density at radius 3 is 2.43 bits per heavy atom. The number of carbonyl (C=O) groups excluding carboxylic acids is 1. The summed E-state index contributed by atoms with van der Waals surface area (Å²) in [5.74, 6) is 0.884. The van der Waals surface area contributed by atoms with Crippen LogP contribution in [0.1, 0.15) is 31.9 Å². The van der Waals surface area contributed by atoms with Crippen LogP contribution < -0.4 is 4.74 Å². The lowest BCUT2D eigenvalue weighted by Gasteiger charge is -2.35. The lowest BCUT2D eigenvalue weighted by Crippen LogP contribution is -2.49. The molecule has 1 aliphatic heterocycles. The minimum Gasteiger partial charge on any atom is -0.493 e. The molecule has 1 N–H and O–H groups in total. The Balaban J connectivity index is 1.09. The Hall–Kier alpha value is -4.62. The van der Waals surface area contributed by atoms with Gasteiger partial charge in [0.1, 0.15) is 11.4 Å². The van der Waals surface area contributed by atoms with Gasteiger partial charge in [-0.05, 0) is 66.6 Å². The SMILES string of the molecule is CC(C)(C)OC(=O)N1CCN(Cc2ccc(-c3cc[nH]c3)c(OCCc3ccc(-c4cccc5ccncc45)cc3)c2)CC1. The van der Waals surface area contributed by atoms with Crippen LogP contribution in [0.4, 0.5) is 4.79 Å². The number of ether oxygens (including phenoxy) is 2. The van der Waals surface area contributed by atoms with Crippen molar-refractivity contribution in [3.63, 3.8) is 0 Å². The number of fused-ring (bicyclic) bond motifs is 1. The first-order valence-corrected chi connectivity index (χ1v) is 15.3. The van der Waals surface area contributed by atoms with E-state index in [1.807, 2.05) is 51.6 Å². The fourth-order valence-corrected chi connectivity index (χ4v) is 5.68. The molecule has 7 nitrogen and oxygen atoms in total. The minimum absolute atomic E-state index is 0.232. The molecule has 44 heavy (non-hydrogen) atoms. The molecule has 3 aromatic carbocycles. The molecule has 3 heterocycles. The maximum atomic E-state index is 12.5. The van der Waals surface area contributed by atoms with Gasteiger partial charge in [0.15, 0.2) is 0 Å². The van der Waals surface area contributed by atoms with Crippen LogP contribution in [0.25, 0.3) is 33.0 Å². The Bertz CT molecular complexity index is 1690. The van der Waals surface area contributed by atoms with E-state index in [0.717, 1.165) is 48.3 Å². The van der Waals surface area contributed by atoms with E-state index in [1.165, 1.54) is 27.6 Å². The highest BCUT2D eigenvalue weighted by Crippen LogP contribution is 2.32. The Morgan fingerprint density at radius 2 is 1.68 bits per heavy atom. The van der Waals surface area contributed by atoms with E-state index in [1.54, 1.807) is 4.90 Å². The Morgan fingerprint density at radius 1 is 0.886 bits per heavy atom. The van der Waals surface area contributed by atoms with Gasteiger partial charge in [0.25, 0.3) is 0 Å². The highest BCUT2D eigenvalue weighted by Gasteiger charge is 2.26. The summed E-state index contributed by atoms with van der Waals surface area (Å²) in [6.07, 6.45) is 8.28. The van der Waals surface area contributed by atoms with E-state index in [9.17, 15) is 4.79 Å². The fourth-order valence-electron chi connectivity index (χ4n) is 5.68. The maximum absolute atomic E-state index is 12.5. The third kappa shape index (κ3) is 7.12. The largest absolute Gasteiger partial charge is 0.493 e. The van der Waals surface area contributed by atoms with E-state index >= 15 is 0 Å². The van der Waals surface area contributed by atoms with Crippen LogP contribution in [0.5, 0.6) is 5.75 Å². The molecule has 1 fully saturated rings. The van der Waals surface area contributed by atoms with Crippen molar-refractivity contribution in [2.24, 2.45) is 0 Å². The van der Waals surface area contributed by atoms with E-state index < -0.39 is 5.60 Å². The van der Waals surface area contributed by atoms with Crippen LogP contribution in [0.3, 0.4) is 0 Å². The number of aromatic amines is 1. The van der Waals surface area contributed by atoms with Crippen LogP contribution in [-0.4, -0.2) is 64.2 Å². The molecule has 7 heteroatoms. The van der Waals surface area contributed by atoms with Crippen molar-refractivity contribution in [2.75, 3.05) is 32.8 Å². The second-order valence-electron chi connectivity index (χ2n) is 12.4. The van der Waals surface area contributed by atoms with Gasteiger partial charge in [0.2, 0.25) is 0 Å². The van der Waals surface area contributed by atoms with Crippen molar-refractivity contribution >= 4 is 16.9 Å². The summed E-state index contributed by atoms with van der Waals surface area (Å²) < 4.78 is 12.0. The molecule has 0 saturated carbocycles. The number of piperazine rings is 1. The van der Waals surface area contributed by atoms with Gasteiger partial charge in [-0.1, -0.05) is 54.6 Å². The lowest BCUT2D eigenvalue weighted by molar-refractivity contribution is 0.0139. The first-order chi connectivity index (χ1) is 21.3. The standard InChI is InChI=1S/C37H40N4O3/c1-37(2,3)44-36(42)41-20-18-40(19-21-41)26-28-9-12-33(31-14-17-38-24-31)35(23-28)43-22-15-27-7-10-30(11-8-27)32-6-4-5-29-13-16-39-25-34(29)32/h4-14,16-17,23-25,38H,15,18-22,26H2,1-3H3. The summed E-state index contributed by atoms with van der Waals surface area (Å²) >= 11 is 0. The first-order valence-electron chi connectivity index (χ1n) is 15.3. The Labute approximate surface area is 259 Å². The van der Waals surface area contributed by atoms with E-state index in [4.69, 9.17) is 9.47 Å². The summed E-state index contributed by atoms with van der Waals surface area (Å²) in [7, 11) is 0. The molecule has 1 aliphatic rings. The van der Waals surface area contributed by atoms with Crippen LogP contribution in [0.15, 0.2) is 97.6 Å². The van der Waals surface area contributed by atoms with Crippen molar-refractivity contribution in [1.29, 1.82) is 0 Å². The van der Waals surface area contributed by atoms with E-state index in [-0.39, 0.29) is 6.09 Å². The molecule has 0 atom stereocenters. The molecule has 5 aromatic rings. The van der Waals surface area contributed by atoms with Gasteiger partial charge in [0, 0.05) is 80.4 Å². The van der Waals surface area contributed by atoms with Crippen molar-refractivity contribution in [2.45, 2.75) is 39.3 Å².